The average molecular weight is 176 g/mol. The van der Waals surface area contributed by atoms with Crippen LogP contribution >= 0.6 is 0 Å². The van der Waals surface area contributed by atoms with Crippen LogP contribution in [0.4, 0.5) is 5.95 Å². The number of imidazole rings is 1. The van der Waals surface area contributed by atoms with Gasteiger partial charge in [0.15, 0.2) is 6.29 Å². The Bertz CT molecular complexity index is 474. The molecule has 2 aromatic rings. The minimum absolute atomic E-state index is 0.278. The minimum atomic E-state index is 0.278. The van der Waals surface area contributed by atoms with Crippen molar-refractivity contribution in [3.05, 3.63) is 23.7 Å². The molecule has 2 N–H and O–H groups in total. The summed E-state index contributed by atoms with van der Waals surface area (Å²) >= 11 is 0. The van der Waals surface area contributed by atoms with Crippen LogP contribution in [0, 0.1) is 6.92 Å². The largest absolute Gasteiger partial charge is 0.369 e. The van der Waals surface area contributed by atoms with Gasteiger partial charge in [-0.25, -0.2) is 9.97 Å². The fourth-order valence-electron chi connectivity index (χ4n) is 1.29. The Kier molecular flexibility index (Phi) is 1.51. The molecule has 5 nitrogen and oxygen atoms in total. The van der Waals surface area contributed by atoms with E-state index < -0.39 is 0 Å². The summed E-state index contributed by atoms with van der Waals surface area (Å²) in [6.07, 6.45) is 2.29. The topological polar surface area (TPSA) is 73.3 Å². The molecule has 13 heavy (non-hydrogen) atoms. The Balaban J connectivity index is 2.96. The highest BCUT2D eigenvalue weighted by atomic mass is 16.1. The van der Waals surface area contributed by atoms with E-state index in [2.05, 4.69) is 9.97 Å². The first-order valence-corrected chi connectivity index (χ1v) is 3.78. The highest BCUT2D eigenvalue weighted by Crippen LogP contribution is 2.12. The highest BCUT2D eigenvalue weighted by molar-refractivity contribution is 5.77. The molecule has 0 aromatic carbocycles. The van der Waals surface area contributed by atoms with Gasteiger partial charge in [-0.15, -0.1) is 0 Å². The number of anilines is 1. The SMILES string of the molecule is Cc1nc2ccnc(N)n2c1C=O. The molecule has 0 amide bonds. The monoisotopic (exact) mass is 176 g/mol. The minimum Gasteiger partial charge on any atom is -0.369 e. The van der Waals surface area contributed by atoms with Crippen molar-refractivity contribution in [2.75, 3.05) is 5.73 Å². The summed E-state index contributed by atoms with van der Waals surface area (Å²) in [5.74, 6) is 0.278. The number of hydrogen-bond acceptors (Lipinski definition) is 4. The van der Waals surface area contributed by atoms with Gasteiger partial charge in [-0.2, -0.15) is 0 Å². The quantitative estimate of drug-likeness (QED) is 0.639. The maximum Gasteiger partial charge on any atom is 0.206 e. The van der Waals surface area contributed by atoms with E-state index >= 15 is 0 Å². The fourth-order valence-corrected chi connectivity index (χ4v) is 1.29. The van der Waals surface area contributed by atoms with Gasteiger partial charge < -0.3 is 5.73 Å². The van der Waals surface area contributed by atoms with Crippen LogP contribution in [0.2, 0.25) is 0 Å². The van der Waals surface area contributed by atoms with E-state index in [1.165, 1.54) is 4.40 Å². The molecule has 0 saturated carbocycles. The standard InChI is InChI=1S/C8H8N4O/c1-5-6(4-13)12-7(11-5)2-3-10-8(12)9/h2-4H,1H3,(H2,9,10). The molecule has 0 spiro atoms. The molecule has 0 radical (unpaired) electrons. The molecule has 2 rings (SSSR count). The van der Waals surface area contributed by atoms with E-state index in [9.17, 15) is 4.79 Å². The normalized spacial score (nSPS) is 10.5. The summed E-state index contributed by atoms with van der Waals surface area (Å²) in [7, 11) is 0. The van der Waals surface area contributed by atoms with Gasteiger partial charge in [0.05, 0.1) is 5.69 Å². The second-order valence-electron chi connectivity index (χ2n) is 2.70. The van der Waals surface area contributed by atoms with Crippen molar-refractivity contribution >= 4 is 17.9 Å². The number of nitrogens with zero attached hydrogens (tertiary/aromatic N) is 3. The van der Waals surface area contributed by atoms with E-state index in [0.717, 1.165) is 6.29 Å². The molecule has 5 heteroatoms. The van der Waals surface area contributed by atoms with E-state index in [0.29, 0.717) is 17.0 Å². The summed E-state index contributed by atoms with van der Waals surface area (Å²) < 4.78 is 1.53. The number of carbonyl (C=O) groups is 1. The molecule has 0 aliphatic heterocycles. The van der Waals surface area contributed by atoms with Gasteiger partial charge in [-0.3, -0.25) is 9.20 Å². The smallest absolute Gasteiger partial charge is 0.206 e. The molecular weight excluding hydrogens is 168 g/mol. The summed E-state index contributed by atoms with van der Waals surface area (Å²) in [6.45, 7) is 1.76. The molecular formula is C8H8N4O. The van der Waals surface area contributed by atoms with Crippen molar-refractivity contribution in [3.63, 3.8) is 0 Å². The summed E-state index contributed by atoms with van der Waals surface area (Å²) in [4.78, 5) is 18.7. The number of carbonyl (C=O) groups excluding carboxylic acids is 1. The Labute approximate surface area is 74.2 Å². The number of aromatic nitrogens is 3. The lowest BCUT2D eigenvalue weighted by Crippen LogP contribution is -2.02. The third-order valence-corrected chi connectivity index (χ3v) is 1.89. The van der Waals surface area contributed by atoms with E-state index in [4.69, 9.17) is 5.73 Å². The van der Waals surface area contributed by atoms with E-state index in [1.807, 2.05) is 0 Å². The Morgan fingerprint density at radius 2 is 2.38 bits per heavy atom. The zero-order valence-electron chi connectivity index (χ0n) is 7.06. The number of aldehydes is 1. The molecule has 0 aliphatic rings. The lowest BCUT2D eigenvalue weighted by atomic mass is 10.4. The lowest BCUT2D eigenvalue weighted by Gasteiger charge is -1.97. The second kappa shape index (κ2) is 2.55. The van der Waals surface area contributed by atoms with Crippen molar-refractivity contribution in [3.8, 4) is 0 Å². The number of rotatable bonds is 1. The van der Waals surface area contributed by atoms with E-state index in [1.54, 1.807) is 19.2 Å². The van der Waals surface area contributed by atoms with Gasteiger partial charge >= 0.3 is 0 Å². The van der Waals surface area contributed by atoms with Crippen LogP contribution in [0.3, 0.4) is 0 Å². The lowest BCUT2D eigenvalue weighted by molar-refractivity contribution is 0.111. The molecule has 66 valence electrons. The number of aryl methyl sites for hydroxylation is 1. The Hall–Kier alpha value is -1.91. The molecule has 0 unspecified atom stereocenters. The van der Waals surface area contributed by atoms with Crippen molar-refractivity contribution in [2.24, 2.45) is 0 Å². The summed E-state index contributed by atoms with van der Waals surface area (Å²) in [6, 6.07) is 1.70. The first kappa shape index (κ1) is 7.72. The first-order chi connectivity index (χ1) is 6.24. The van der Waals surface area contributed by atoms with Crippen LogP contribution in [0.5, 0.6) is 0 Å². The van der Waals surface area contributed by atoms with Gasteiger partial charge in [-0.1, -0.05) is 0 Å². The molecule has 0 fully saturated rings. The summed E-state index contributed by atoms with van der Waals surface area (Å²) in [5.41, 5.74) is 7.36. The Morgan fingerprint density at radius 1 is 1.62 bits per heavy atom. The maximum absolute atomic E-state index is 10.7. The molecule has 2 aromatic heterocycles. The van der Waals surface area contributed by atoms with Crippen LogP contribution in [-0.4, -0.2) is 20.7 Å². The van der Waals surface area contributed by atoms with Crippen molar-refractivity contribution in [1.82, 2.24) is 14.4 Å². The number of nitrogen functional groups attached to an aromatic ring is 1. The molecule has 0 aliphatic carbocycles. The second-order valence-corrected chi connectivity index (χ2v) is 2.70. The van der Waals surface area contributed by atoms with Crippen molar-refractivity contribution in [2.45, 2.75) is 6.92 Å². The molecule has 0 atom stereocenters. The average Bonchev–Trinajstić information content (AvgIpc) is 2.42. The number of fused-ring (bicyclic) bond motifs is 1. The van der Waals surface area contributed by atoms with Crippen molar-refractivity contribution in [1.29, 1.82) is 0 Å². The van der Waals surface area contributed by atoms with Crippen LogP contribution in [-0.2, 0) is 0 Å². The Morgan fingerprint density at radius 3 is 3.08 bits per heavy atom. The molecule has 2 heterocycles. The predicted octanol–water partition coefficient (Wildman–Crippen LogP) is 0.432. The predicted molar refractivity (Wildman–Crippen MR) is 47.5 cm³/mol. The first-order valence-electron chi connectivity index (χ1n) is 3.78. The molecule has 0 saturated heterocycles. The van der Waals surface area contributed by atoms with Gasteiger partial charge in [0.25, 0.3) is 0 Å². The van der Waals surface area contributed by atoms with Gasteiger partial charge in [0.1, 0.15) is 11.3 Å². The summed E-state index contributed by atoms with van der Waals surface area (Å²) in [5, 5.41) is 0. The van der Waals surface area contributed by atoms with Crippen LogP contribution < -0.4 is 5.73 Å². The third kappa shape index (κ3) is 0.970. The van der Waals surface area contributed by atoms with Gasteiger partial charge in [0, 0.05) is 6.20 Å². The van der Waals surface area contributed by atoms with Crippen LogP contribution in [0.1, 0.15) is 16.2 Å². The third-order valence-electron chi connectivity index (χ3n) is 1.89. The highest BCUT2D eigenvalue weighted by Gasteiger charge is 2.09. The number of nitrogens with two attached hydrogens (primary N) is 1. The van der Waals surface area contributed by atoms with Gasteiger partial charge in [0.2, 0.25) is 5.95 Å². The zero-order valence-corrected chi connectivity index (χ0v) is 7.06. The van der Waals surface area contributed by atoms with E-state index in [-0.39, 0.29) is 5.95 Å². The molecule has 0 bridgehead atoms. The maximum atomic E-state index is 10.7. The van der Waals surface area contributed by atoms with Crippen molar-refractivity contribution < 1.29 is 4.79 Å². The van der Waals surface area contributed by atoms with Crippen LogP contribution in [0.25, 0.3) is 5.65 Å². The van der Waals surface area contributed by atoms with Crippen LogP contribution in [0.15, 0.2) is 12.3 Å². The number of hydrogen-bond donors (Lipinski definition) is 1. The van der Waals surface area contributed by atoms with Gasteiger partial charge in [-0.05, 0) is 13.0 Å². The zero-order chi connectivity index (χ0) is 9.42. The fraction of sp³-hybridized carbons (Fsp3) is 0.125.